The molecule has 0 spiro atoms. The van der Waals surface area contributed by atoms with E-state index in [1.165, 1.54) is 11.1 Å². The highest BCUT2D eigenvalue weighted by atomic mass is 32.1. The van der Waals surface area contributed by atoms with Gasteiger partial charge in [0, 0.05) is 23.4 Å². The molecule has 0 aliphatic carbocycles. The van der Waals surface area contributed by atoms with Gasteiger partial charge in [-0.2, -0.15) is 0 Å². The highest BCUT2D eigenvalue weighted by Gasteiger charge is 2.22. The number of carbonyl (C=O) groups is 1. The second-order valence-electron chi connectivity index (χ2n) is 6.22. The van der Waals surface area contributed by atoms with Crippen molar-refractivity contribution in [3.05, 3.63) is 93.9 Å². The Labute approximate surface area is 158 Å². The van der Waals surface area contributed by atoms with E-state index in [9.17, 15) is 4.79 Å². The first kappa shape index (κ1) is 18.1. The van der Waals surface area contributed by atoms with Crippen LogP contribution in [-0.2, 0) is 4.79 Å². The van der Waals surface area contributed by atoms with Crippen LogP contribution in [0.5, 0.6) is 0 Å². The first-order valence-electron chi connectivity index (χ1n) is 8.64. The summed E-state index contributed by atoms with van der Waals surface area (Å²) < 4.78 is 0. The summed E-state index contributed by atoms with van der Waals surface area (Å²) in [6, 6.07) is 20.5. The average Bonchev–Trinajstić information content (AvgIpc) is 3.07. The number of aromatic nitrogens is 1. The summed E-state index contributed by atoms with van der Waals surface area (Å²) in [6.45, 7) is 4.00. The minimum atomic E-state index is -0.111. The van der Waals surface area contributed by atoms with Crippen LogP contribution in [0.4, 0.5) is 0 Å². The van der Waals surface area contributed by atoms with Crippen molar-refractivity contribution in [2.45, 2.75) is 25.8 Å². The van der Waals surface area contributed by atoms with E-state index in [1.807, 2.05) is 55.6 Å². The van der Waals surface area contributed by atoms with Crippen molar-refractivity contribution in [1.29, 1.82) is 0 Å². The van der Waals surface area contributed by atoms with Crippen LogP contribution in [0.25, 0.3) is 6.08 Å². The van der Waals surface area contributed by atoms with Gasteiger partial charge >= 0.3 is 0 Å². The maximum atomic E-state index is 12.4. The van der Waals surface area contributed by atoms with Gasteiger partial charge in [0.05, 0.1) is 10.7 Å². The van der Waals surface area contributed by atoms with E-state index in [-0.39, 0.29) is 17.9 Å². The van der Waals surface area contributed by atoms with E-state index in [0.717, 1.165) is 10.7 Å². The predicted molar refractivity (Wildman–Crippen MR) is 108 cm³/mol. The molecule has 0 bridgehead atoms. The lowest BCUT2D eigenvalue weighted by atomic mass is 9.86. The molecule has 132 valence electrons. The number of carbonyl (C=O) groups excluding carboxylic acids is 1. The third-order valence-corrected chi connectivity index (χ3v) is 5.02. The Bertz CT molecular complexity index is 832. The summed E-state index contributed by atoms with van der Waals surface area (Å²) in [7, 11) is 0. The summed E-state index contributed by atoms with van der Waals surface area (Å²) >= 11 is 1.58. The molecule has 0 radical (unpaired) electrons. The number of nitrogens with zero attached hydrogens (tertiary/aromatic N) is 1. The fraction of sp³-hybridized carbons (Fsp3) is 0.182. The second kappa shape index (κ2) is 8.59. The van der Waals surface area contributed by atoms with Crippen molar-refractivity contribution in [2.75, 3.05) is 0 Å². The van der Waals surface area contributed by atoms with Gasteiger partial charge in [0.2, 0.25) is 5.91 Å². The number of benzene rings is 2. The molecule has 0 fully saturated rings. The van der Waals surface area contributed by atoms with Gasteiger partial charge in [-0.05, 0) is 31.1 Å². The van der Waals surface area contributed by atoms with Crippen LogP contribution in [0.3, 0.4) is 0 Å². The lowest BCUT2D eigenvalue weighted by Crippen LogP contribution is -2.36. The molecule has 1 heterocycles. The van der Waals surface area contributed by atoms with Gasteiger partial charge in [0.15, 0.2) is 0 Å². The Morgan fingerprint density at radius 3 is 2.12 bits per heavy atom. The molecule has 3 nitrogen and oxygen atoms in total. The van der Waals surface area contributed by atoms with E-state index < -0.39 is 0 Å². The van der Waals surface area contributed by atoms with Gasteiger partial charge in [-0.1, -0.05) is 60.7 Å². The number of aryl methyl sites for hydroxylation is 1. The number of hydrogen-bond donors (Lipinski definition) is 1. The van der Waals surface area contributed by atoms with E-state index >= 15 is 0 Å². The van der Waals surface area contributed by atoms with Crippen molar-refractivity contribution < 1.29 is 4.79 Å². The summed E-state index contributed by atoms with van der Waals surface area (Å²) in [4.78, 5) is 16.7. The molecule has 3 aromatic rings. The summed E-state index contributed by atoms with van der Waals surface area (Å²) in [5.74, 6) is -0.0173. The normalized spacial score (nSPS) is 12.4. The monoisotopic (exact) mass is 362 g/mol. The zero-order valence-electron chi connectivity index (χ0n) is 14.9. The van der Waals surface area contributed by atoms with E-state index in [0.29, 0.717) is 0 Å². The van der Waals surface area contributed by atoms with E-state index in [1.54, 1.807) is 23.5 Å². The Balaban J connectivity index is 1.76. The molecular weight excluding hydrogens is 340 g/mol. The third kappa shape index (κ3) is 4.67. The minimum Gasteiger partial charge on any atom is -0.349 e. The van der Waals surface area contributed by atoms with Crippen molar-refractivity contribution in [3.63, 3.8) is 0 Å². The van der Waals surface area contributed by atoms with Gasteiger partial charge in [-0.15, -0.1) is 11.3 Å². The lowest BCUT2D eigenvalue weighted by molar-refractivity contribution is -0.117. The smallest absolute Gasteiger partial charge is 0.244 e. The Kier molecular flexibility index (Phi) is 5.97. The van der Waals surface area contributed by atoms with Crippen LogP contribution in [0.15, 0.2) is 72.1 Å². The third-order valence-electron chi connectivity index (χ3n) is 4.23. The molecule has 26 heavy (non-hydrogen) atoms. The van der Waals surface area contributed by atoms with Crippen LogP contribution in [-0.4, -0.2) is 16.9 Å². The number of nitrogens with one attached hydrogen (secondary N) is 1. The first-order chi connectivity index (χ1) is 12.6. The average molecular weight is 362 g/mol. The zero-order valence-corrected chi connectivity index (χ0v) is 15.7. The molecule has 2 aromatic carbocycles. The summed E-state index contributed by atoms with van der Waals surface area (Å²) in [5.41, 5.74) is 3.19. The molecule has 0 saturated carbocycles. The lowest BCUT2D eigenvalue weighted by Gasteiger charge is -2.25. The number of hydrogen-bond acceptors (Lipinski definition) is 3. The SMILES string of the molecule is Cc1nc(/C=C/C(=O)NC(C)C(c2ccccc2)c2ccccc2)cs1. The first-order valence-corrected chi connectivity index (χ1v) is 9.52. The Morgan fingerprint density at radius 1 is 1.04 bits per heavy atom. The van der Waals surface area contributed by atoms with Gasteiger partial charge in [0.1, 0.15) is 0 Å². The standard InChI is InChI=1S/C22H22N2OS/c1-16(23-21(25)14-13-20-15-26-17(2)24-20)22(18-9-5-3-6-10-18)19-11-7-4-8-12-19/h3-16,22H,1-2H3,(H,23,25)/b14-13+. The van der Waals surface area contributed by atoms with Gasteiger partial charge in [-0.3, -0.25) is 4.79 Å². The predicted octanol–water partition coefficient (Wildman–Crippen LogP) is 4.80. The topological polar surface area (TPSA) is 42.0 Å². The second-order valence-corrected chi connectivity index (χ2v) is 7.28. The van der Waals surface area contributed by atoms with Crippen LogP contribution in [0.2, 0.25) is 0 Å². The van der Waals surface area contributed by atoms with E-state index in [2.05, 4.69) is 34.6 Å². The van der Waals surface area contributed by atoms with Gasteiger partial charge < -0.3 is 5.32 Å². The molecule has 1 N–H and O–H groups in total. The fourth-order valence-electron chi connectivity index (χ4n) is 3.06. The highest BCUT2D eigenvalue weighted by molar-refractivity contribution is 7.09. The highest BCUT2D eigenvalue weighted by Crippen LogP contribution is 2.27. The van der Waals surface area contributed by atoms with E-state index in [4.69, 9.17) is 0 Å². The van der Waals surface area contributed by atoms with Crippen LogP contribution >= 0.6 is 11.3 Å². The van der Waals surface area contributed by atoms with Crippen LogP contribution in [0, 0.1) is 6.92 Å². The molecule has 0 saturated heterocycles. The van der Waals surface area contributed by atoms with Crippen molar-refractivity contribution in [2.24, 2.45) is 0 Å². The largest absolute Gasteiger partial charge is 0.349 e. The quantitative estimate of drug-likeness (QED) is 0.640. The van der Waals surface area contributed by atoms with Crippen LogP contribution in [0.1, 0.15) is 34.7 Å². The van der Waals surface area contributed by atoms with Crippen LogP contribution < -0.4 is 5.32 Å². The molecular formula is C22H22N2OS. The molecule has 1 atom stereocenters. The summed E-state index contributed by atoms with van der Waals surface area (Å²) in [6.07, 6.45) is 3.31. The number of rotatable bonds is 6. The molecule has 1 amide bonds. The van der Waals surface area contributed by atoms with Gasteiger partial charge in [0.25, 0.3) is 0 Å². The summed E-state index contributed by atoms with van der Waals surface area (Å²) in [5, 5.41) is 6.04. The van der Waals surface area contributed by atoms with Crippen molar-refractivity contribution >= 4 is 23.3 Å². The maximum absolute atomic E-state index is 12.4. The molecule has 0 aliphatic heterocycles. The maximum Gasteiger partial charge on any atom is 0.244 e. The molecule has 3 rings (SSSR count). The Hall–Kier alpha value is -2.72. The molecule has 1 unspecified atom stereocenters. The molecule has 0 aliphatic rings. The van der Waals surface area contributed by atoms with Crippen molar-refractivity contribution in [1.82, 2.24) is 10.3 Å². The zero-order chi connectivity index (χ0) is 18.4. The Morgan fingerprint density at radius 2 is 1.62 bits per heavy atom. The molecule has 1 aromatic heterocycles. The van der Waals surface area contributed by atoms with Crippen molar-refractivity contribution in [3.8, 4) is 0 Å². The minimum absolute atomic E-state index is 0.0471. The number of thiazole rings is 1. The molecule has 4 heteroatoms. The van der Waals surface area contributed by atoms with Gasteiger partial charge in [-0.25, -0.2) is 4.98 Å². The number of amides is 1. The fourth-order valence-corrected chi connectivity index (χ4v) is 3.64.